The Hall–Kier alpha value is -0.980. The summed E-state index contributed by atoms with van der Waals surface area (Å²) in [6.45, 7) is 5.55. The zero-order valence-corrected chi connectivity index (χ0v) is 14.0. The van der Waals surface area contributed by atoms with Crippen molar-refractivity contribution in [3.8, 4) is 0 Å². The summed E-state index contributed by atoms with van der Waals surface area (Å²) in [5.41, 5.74) is 0. The van der Waals surface area contributed by atoms with Crippen LogP contribution in [0.5, 0.6) is 0 Å². The number of rotatable bonds is 5. The van der Waals surface area contributed by atoms with Crippen molar-refractivity contribution in [3.63, 3.8) is 0 Å². The maximum Gasteiger partial charge on any atom is 0.146 e. The van der Waals surface area contributed by atoms with E-state index < -0.39 is 0 Å². The molecule has 0 N–H and O–H groups in total. The van der Waals surface area contributed by atoms with Crippen molar-refractivity contribution in [1.82, 2.24) is 19.7 Å². The summed E-state index contributed by atoms with van der Waals surface area (Å²) in [5.74, 6) is 2.68. The second-order valence-corrected chi connectivity index (χ2v) is 6.43. The van der Waals surface area contributed by atoms with Crippen molar-refractivity contribution in [2.24, 2.45) is 13.0 Å². The van der Waals surface area contributed by atoms with Gasteiger partial charge in [-0.25, -0.2) is 0 Å². The predicted octanol–water partition coefficient (Wildman–Crippen LogP) is 1.39. The van der Waals surface area contributed by atoms with Gasteiger partial charge in [-0.3, -0.25) is 4.90 Å². The van der Waals surface area contributed by atoms with E-state index in [2.05, 4.69) is 33.6 Å². The summed E-state index contributed by atoms with van der Waals surface area (Å²) in [5, 5.41) is 8.66. The maximum atomic E-state index is 5.77. The molecule has 0 bridgehead atoms. The third-order valence-corrected chi connectivity index (χ3v) is 5.30. The van der Waals surface area contributed by atoms with E-state index in [0.29, 0.717) is 18.1 Å². The molecule has 6 nitrogen and oxygen atoms in total. The van der Waals surface area contributed by atoms with Crippen molar-refractivity contribution in [3.05, 3.63) is 11.6 Å². The Labute approximate surface area is 132 Å². The highest BCUT2D eigenvalue weighted by Crippen LogP contribution is 2.34. The van der Waals surface area contributed by atoms with Gasteiger partial charge in [0.1, 0.15) is 11.6 Å². The Morgan fingerprint density at radius 2 is 2.09 bits per heavy atom. The lowest BCUT2D eigenvalue weighted by atomic mass is 9.94. The second kappa shape index (κ2) is 7.06. The van der Waals surface area contributed by atoms with Crippen molar-refractivity contribution < 1.29 is 9.47 Å². The van der Waals surface area contributed by atoms with Crippen LogP contribution in [0.2, 0.25) is 0 Å². The molecule has 1 aliphatic heterocycles. The third kappa shape index (κ3) is 3.05. The van der Waals surface area contributed by atoms with E-state index in [1.54, 1.807) is 0 Å². The molecule has 0 spiro atoms. The summed E-state index contributed by atoms with van der Waals surface area (Å²) in [6.07, 6.45) is 4.97. The number of hydrogen-bond donors (Lipinski definition) is 0. The first-order valence-electron chi connectivity index (χ1n) is 8.46. The van der Waals surface area contributed by atoms with Gasteiger partial charge in [-0.15, -0.1) is 10.2 Å². The van der Waals surface area contributed by atoms with Crippen LogP contribution in [0, 0.1) is 5.92 Å². The minimum atomic E-state index is 0.375. The molecule has 3 unspecified atom stereocenters. The van der Waals surface area contributed by atoms with Gasteiger partial charge in [-0.1, -0.05) is 13.3 Å². The van der Waals surface area contributed by atoms with Crippen LogP contribution in [0.25, 0.3) is 0 Å². The van der Waals surface area contributed by atoms with Gasteiger partial charge in [0.2, 0.25) is 0 Å². The van der Waals surface area contributed by atoms with E-state index in [4.69, 9.17) is 9.47 Å². The number of aryl methyl sites for hydroxylation is 1. The minimum Gasteiger partial charge on any atom is -0.381 e. The summed E-state index contributed by atoms with van der Waals surface area (Å²) in [4.78, 5) is 2.52. The van der Waals surface area contributed by atoms with Crippen molar-refractivity contribution in [1.29, 1.82) is 0 Å². The van der Waals surface area contributed by atoms with Gasteiger partial charge >= 0.3 is 0 Å². The SMILES string of the molecule is CCc1nnc(CN2CCOCC2C2CCCC2OC)n1C. The first-order chi connectivity index (χ1) is 10.7. The Morgan fingerprint density at radius 3 is 2.82 bits per heavy atom. The molecule has 1 aliphatic carbocycles. The molecule has 1 saturated heterocycles. The average Bonchev–Trinajstić information content (AvgIpc) is 3.15. The van der Waals surface area contributed by atoms with Crippen LogP contribution >= 0.6 is 0 Å². The molecule has 1 aromatic rings. The zero-order chi connectivity index (χ0) is 15.5. The highest BCUT2D eigenvalue weighted by atomic mass is 16.5. The molecule has 0 radical (unpaired) electrons. The number of hydrogen-bond acceptors (Lipinski definition) is 5. The van der Waals surface area contributed by atoms with Gasteiger partial charge in [0.15, 0.2) is 0 Å². The lowest BCUT2D eigenvalue weighted by Gasteiger charge is -2.40. The lowest BCUT2D eigenvalue weighted by molar-refractivity contribution is -0.0618. The number of morpholine rings is 1. The number of aromatic nitrogens is 3. The van der Waals surface area contributed by atoms with Crippen molar-refractivity contribution >= 4 is 0 Å². The van der Waals surface area contributed by atoms with E-state index in [9.17, 15) is 0 Å². The van der Waals surface area contributed by atoms with E-state index in [1.165, 1.54) is 19.3 Å². The fourth-order valence-corrected chi connectivity index (χ4v) is 3.96. The summed E-state index contributed by atoms with van der Waals surface area (Å²) in [6, 6.07) is 0.433. The molecule has 2 heterocycles. The summed E-state index contributed by atoms with van der Waals surface area (Å²) in [7, 11) is 3.91. The molecule has 2 fully saturated rings. The van der Waals surface area contributed by atoms with E-state index in [0.717, 1.165) is 44.4 Å². The van der Waals surface area contributed by atoms with Gasteiger partial charge in [0, 0.05) is 39.1 Å². The molecule has 22 heavy (non-hydrogen) atoms. The number of ether oxygens (including phenoxy) is 2. The van der Waals surface area contributed by atoms with Crippen molar-refractivity contribution in [2.75, 3.05) is 26.9 Å². The minimum absolute atomic E-state index is 0.375. The largest absolute Gasteiger partial charge is 0.381 e. The molecule has 3 atom stereocenters. The predicted molar refractivity (Wildman–Crippen MR) is 83.5 cm³/mol. The molecule has 2 aliphatic rings. The smallest absolute Gasteiger partial charge is 0.146 e. The average molecular weight is 308 g/mol. The van der Waals surface area contributed by atoms with Crippen LogP contribution in [0.4, 0.5) is 0 Å². The van der Waals surface area contributed by atoms with Gasteiger partial charge < -0.3 is 14.0 Å². The highest BCUT2D eigenvalue weighted by molar-refractivity contribution is 4.97. The van der Waals surface area contributed by atoms with E-state index >= 15 is 0 Å². The van der Waals surface area contributed by atoms with Gasteiger partial charge in [0.25, 0.3) is 0 Å². The van der Waals surface area contributed by atoms with Crippen LogP contribution in [-0.2, 0) is 29.5 Å². The maximum absolute atomic E-state index is 5.77. The molecule has 6 heteroatoms. The topological polar surface area (TPSA) is 52.4 Å². The lowest BCUT2D eigenvalue weighted by Crippen LogP contribution is -2.51. The fourth-order valence-electron chi connectivity index (χ4n) is 3.96. The quantitative estimate of drug-likeness (QED) is 0.823. The Morgan fingerprint density at radius 1 is 1.27 bits per heavy atom. The monoisotopic (exact) mass is 308 g/mol. The Bertz CT molecular complexity index is 490. The van der Waals surface area contributed by atoms with Crippen LogP contribution in [0.3, 0.4) is 0 Å². The first-order valence-corrected chi connectivity index (χ1v) is 8.46. The fraction of sp³-hybridized carbons (Fsp3) is 0.875. The molecule has 3 rings (SSSR count). The van der Waals surface area contributed by atoms with Gasteiger partial charge in [-0.2, -0.15) is 0 Å². The first kappa shape index (κ1) is 15.9. The molecule has 124 valence electrons. The summed E-state index contributed by atoms with van der Waals surface area (Å²) >= 11 is 0. The molecular formula is C16H28N4O2. The Balaban J connectivity index is 1.73. The molecular weight excluding hydrogens is 280 g/mol. The molecule has 1 saturated carbocycles. The molecule has 0 amide bonds. The van der Waals surface area contributed by atoms with E-state index in [1.807, 2.05) is 7.11 Å². The van der Waals surface area contributed by atoms with Crippen molar-refractivity contribution in [2.45, 2.75) is 51.3 Å². The third-order valence-electron chi connectivity index (χ3n) is 5.30. The van der Waals surface area contributed by atoms with Gasteiger partial charge in [0.05, 0.1) is 25.9 Å². The Kier molecular flexibility index (Phi) is 5.10. The van der Waals surface area contributed by atoms with Gasteiger partial charge in [-0.05, 0) is 12.8 Å². The summed E-state index contributed by atoms with van der Waals surface area (Å²) < 4.78 is 13.6. The number of nitrogens with zero attached hydrogens (tertiary/aromatic N) is 4. The number of methoxy groups -OCH3 is 1. The van der Waals surface area contributed by atoms with Crippen LogP contribution < -0.4 is 0 Å². The van der Waals surface area contributed by atoms with Crippen LogP contribution in [0.1, 0.15) is 37.8 Å². The zero-order valence-electron chi connectivity index (χ0n) is 14.0. The second-order valence-electron chi connectivity index (χ2n) is 6.43. The highest BCUT2D eigenvalue weighted by Gasteiger charge is 2.38. The molecule has 0 aromatic carbocycles. The standard InChI is InChI=1S/C16H28N4O2/c1-4-15-17-18-16(19(15)2)10-20-8-9-22-11-13(20)12-6-5-7-14(12)21-3/h12-14H,4-11H2,1-3H3. The molecule has 1 aromatic heterocycles. The van der Waals surface area contributed by atoms with Crippen LogP contribution in [-0.4, -0.2) is 58.7 Å². The van der Waals surface area contributed by atoms with Crippen LogP contribution in [0.15, 0.2) is 0 Å². The van der Waals surface area contributed by atoms with E-state index in [-0.39, 0.29) is 0 Å². The normalized spacial score (nSPS) is 30.0.